The molecule has 1 aliphatic heterocycles. The lowest BCUT2D eigenvalue weighted by Gasteiger charge is -2.24. The topological polar surface area (TPSA) is 68.6 Å². The van der Waals surface area contributed by atoms with Crippen LogP contribution in [0.2, 0.25) is 0 Å². The highest BCUT2D eigenvalue weighted by Crippen LogP contribution is 2.34. The van der Waals surface area contributed by atoms with Crippen molar-refractivity contribution < 1.29 is 19.0 Å². The number of rotatable bonds is 2. The minimum absolute atomic E-state index is 0.0569. The average molecular weight is 249 g/mol. The molecule has 18 heavy (non-hydrogen) atoms. The first-order chi connectivity index (χ1) is 8.72. The van der Waals surface area contributed by atoms with Gasteiger partial charge < -0.3 is 14.2 Å². The minimum atomic E-state index is 0.0569. The number of para-hydroxylation sites is 1. The van der Waals surface area contributed by atoms with E-state index >= 15 is 0 Å². The van der Waals surface area contributed by atoms with E-state index < -0.39 is 0 Å². The van der Waals surface area contributed by atoms with Crippen LogP contribution in [0.4, 0.5) is 0 Å². The summed E-state index contributed by atoms with van der Waals surface area (Å²) in [6.07, 6.45) is 0.0569. The van der Waals surface area contributed by atoms with Gasteiger partial charge in [0.25, 0.3) is 6.47 Å². The maximum Gasteiger partial charge on any atom is 0.293 e. The van der Waals surface area contributed by atoms with Gasteiger partial charge in [-0.1, -0.05) is 6.07 Å². The molecule has 1 aliphatic rings. The lowest BCUT2D eigenvalue weighted by molar-refractivity contribution is -0.128. The molecular formula is C13H15NO4. The van der Waals surface area contributed by atoms with Crippen LogP contribution in [-0.4, -0.2) is 25.8 Å². The standard InChI is InChI=1S/C10H9NO2.C3H6O2/c1-7-6-12-10-8(5-11)3-2-4-9(10)13-7;1-2-5-3-4/h2-4,7H,6H2,1H3;3H,2H2,1H3. The summed E-state index contributed by atoms with van der Waals surface area (Å²) in [5.74, 6) is 1.24. The number of carbonyl (C=O) groups is 1. The quantitative estimate of drug-likeness (QED) is 0.749. The molecule has 5 nitrogen and oxygen atoms in total. The lowest BCUT2D eigenvalue weighted by atomic mass is 10.2. The van der Waals surface area contributed by atoms with Crippen molar-refractivity contribution in [1.29, 1.82) is 5.26 Å². The highest BCUT2D eigenvalue weighted by atomic mass is 16.6. The zero-order chi connectivity index (χ0) is 13.4. The molecule has 1 heterocycles. The summed E-state index contributed by atoms with van der Waals surface area (Å²) in [6.45, 7) is 5.10. The monoisotopic (exact) mass is 249 g/mol. The molecule has 1 aromatic carbocycles. The van der Waals surface area contributed by atoms with E-state index in [4.69, 9.17) is 14.7 Å². The predicted octanol–water partition coefficient (Wildman–Crippen LogP) is 1.90. The molecular weight excluding hydrogens is 234 g/mol. The molecule has 0 fully saturated rings. The smallest absolute Gasteiger partial charge is 0.293 e. The Hall–Kier alpha value is -2.22. The van der Waals surface area contributed by atoms with Gasteiger partial charge in [-0.05, 0) is 26.0 Å². The fourth-order valence-corrected chi connectivity index (χ4v) is 1.37. The molecule has 0 saturated carbocycles. The zero-order valence-electron chi connectivity index (χ0n) is 10.4. The minimum Gasteiger partial charge on any atom is -0.484 e. The van der Waals surface area contributed by atoms with E-state index in [1.54, 1.807) is 19.1 Å². The Bertz CT molecular complexity index is 439. The van der Waals surface area contributed by atoms with Crippen LogP contribution < -0.4 is 9.47 Å². The number of fused-ring (bicyclic) bond motifs is 1. The molecule has 0 spiro atoms. The van der Waals surface area contributed by atoms with Crippen LogP contribution >= 0.6 is 0 Å². The van der Waals surface area contributed by atoms with Crippen molar-refractivity contribution >= 4 is 6.47 Å². The van der Waals surface area contributed by atoms with E-state index in [0.29, 0.717) is 36.7 Å². The van der Waals surface area contributed by atoms with Gasteiger partial charge in [0.15, 0.2) is 11.5 Å². The van der Waals surface area contributed by atoms with Crippen molar-refractivity contribution in [3.63, 3.8) is 0 Å². The van der Waals surface area contributed by atoms with Crippen LogP contribution in [0.15, 0.2) is 18.2 Å². The van der Waals surface area contributed by atoms with E-state index in [2.05, 4.69) is 10.8 Å². The van der Waals surface area contributed by atoms with Crippen molar-refractivity contribution in [3.05, 3.63) is 23.8 Å². The number of nitriles is 1. The Morgan fingerprint density at radius 1 is 1.61 bits per heavy atom. The second-order valence-electron chi connectivity index (χ2n) is 3.54. The Labute approximate surface area is 106 Å². The number of carbonyl (C=O) groups excluding carboxylic acids is 1. The molecule has 0 bridgehead atoms. The van der Waals surface area contributed by atoms with Gasteiger partial charge in [-0.25, -0.2) is 0 Å². The maximum absolute atomic E-state index is 9.18. The Balaban J connectivity index is 0.000000280. The third-order valence-electron chi connectivity index (χ3n) is 2.12. The fraction of sp³-hybridized carbons (Fsp3) is 0.385. The third-order valence-corrected chi connectivity index (χ3v) is 2.12. The molecule has 1 atom stereocenters. The summed E-state index contributed by atoms with van der Waals surface area (Å²) in [5, 5.41) is 8.77. The molecule has 1 unspecified atom stereocenters. The molecule has 0 aromatic heterocycles. The fourth-order valence-electron chi connectivity index (χ4n) is 1.37. The van der Waals surface area contributed by atoms with Crippen molar-refractivity contribution in [2.24, 2.45) is 0 Å². The summed E-state index contributed by atoms with van der Waals surface area (Å²) in [7, 11) is 0. The van der Waals surface area contributed by atoms with Crippen LogP contribution in [0.1, 0.15) is 19.4 Å². The highest BCUT2D eigenvalue weighted by Gasteiger charge is 2.19. The van der Waals surface area contributed by atoms with Gasteiger partial charge >= 0.3 is 0 Å². The average Bonchev–Trinajstić information content (AvgIpc) is 2.39. The molecule has 2 rings (SSSR count). The molecule has 0 radical (unpaired) electrons. The van der Waals surface area contributed by atoms with E-state index in [-0.39, 0.29) is 6.10 Å². The Morgan fingerprint density at radius 3 is 2.94 bits per heavy atom. The Kier molecular flexibility index (Phi) is 5.52. The van der Waals surface area contributed by atoms with Crippen LogP contribution in [-0.2, 0) is 9.53 Å². The summed E-state index contributed by atoms with van der Waals surface area (Å²) >= 11 is 0. The van der Waals surface area contributed by atoms with Gasteiger partial charge in [0.2, 0.25) is 0 Å². The summed E-state index contributed by atoms with van der Waals surface area (Å²) in [4.78, 5) is 9.18. The van der Waals surface area contributed by atoms with Crippen molar-refractivity contribution in [3.8, 4) is 17.6 Å². The van der Waals surface area contributed by atoms with Crippen LogP contribution in [0.25, 0.3) is 0 Å². The second-order valence-corrected chi connectivity index (χ2v) is 3.54. The second kappa shape index (κ2) is 7.17. The normalized spacial score (nSPS) is 15.7. The lowest BCUT2D eigenvalue weighted by Crippen LogP contribution is -2.26. The summed E-state index contributed by atoms with van der Waals surface area (Å²) < 4.78 is 15.1. The zero-order valence-corrected chi connectivity index (χ0v) is 10.4. The first kappa shape index (κ1) is 13.8. The van der Waals surface area contributed by atoms with E-state index in [0.717, 1.165) is 0 Å². The van der Waals surface area contributed by atoms with Gasteiger partial charge in [0.05, 0.1) is 12.2 Å². The van der Waals surface area contributed by atoms with Crippen LogP contribution in [0.3, 0.4) is 0 Å². The van der Waals surface area contributed by atoms with Crippen LogP contribution in [0, 0.1) is 11.3 Å². The van der Waals surface area contributed by atoms with Gasteiger partial charge in [-0.15, -0.1) is 0 Å². The number of nitrogens with zero attached hydrogens (tertiary/aromatic N) is 1. The molecule has 96 valence electrons. The molecule has 0 aliphatic carbocycles. The summed E-state index contributed by atoms with van der Waals surface area (Å²) in [6, 6.07) is 7.39. The number of ether oxygens (including phenoxy) is 3. The highest BCUT2D eigenvalue weighted by molar-refractivity contribution is 5.53. The molecule has 1 aromatic rings. The molecule has 5 heteroatoms. The van der Waals surface area contributed by atoms with E-state index in [9.17, 15) is 4.79 Å². The van der Waals surface area contributed by atoms with E-state index in [1.807, 2.05) is 13.0 Å². The van der Waals surface area contributed by atoms with Crippen LogP contribution in [0.5, 0.6) is 11.5 Å². The van der Waals surface area contributed by atoms with Crippen molar-refractivity contribution in [2.45, 2.75) is 20.0 Å². The molecule has 0 N–H and O–H groups in total. The van der Waals surface area contributed by atoms with Gasteiger partial charge in [-0.3, -0.25) is 4.79 Å². The first-order valence-corrected chi connectivity index (χ1v) is 5.60. The number of benzene rings is 1. The first-order valence-electron chi connectivity index (χ1n) is 5.60. The maximum atomic E-state index is 9.18. The summed E-state index contributed by atoms with van der Waals surface area (Å²) in [5.41, 5.74) is 0.532. The van der Waals surface area contributed by atoms with Gasteiger partial charge in [0, 0.05) is 0 Å². The number of hydrogen-bond donors (Lipinski definition) is 0. The number of hydrogen-bond acceptors (Lipinski definition) is 5. The van der Waals surface area contributed by atoms with E-state index in [1.165, 1.54) is 0 Å². The SMILES string of the molecule is CC1COc2c(C#N)cccc2O1.CCOC=O. The Morgan fingerprint density at radius 2 is 2.39 bits per heavy atom. The van der Waals surface area contributed by atoms with Gasteiger partial charge in [0.1, 0.15) is 18.8 Å². The molecule has 0 amide bonds. The van der Waals surface area contributed by atoms with Gasteiger partial charge in [-0.2, -0.15) is 5.26 Å². The third kappa shape index (κ3) is 3.67. The predicted molar refractivity (Wildman–Crippen MR) is 64.4 cm³/mol. The van der Waals surface area contributed by atoms with Crippen molar-refractivity contribution in [1.82, 2.24) is 0 Å². The molecule has 0 saturated heterocycles. The van der Waals surface area contributed by atoms with Crippen molar-refractivity contribution in [2.75, 3.05) is 13.2 Å². The largest absolute Gasteiger partial charge is 0.484 e.